The summed E-state index contributed by atoms with van der Waals surface area (Å²) in [7, 11) is 0. The van der Waals surface area contributed by atoms with E-state index in [-0.39, 0.29) is 5.56 Å². The number of amides is 1. The van der Waals surface area contributed by atoms with Crippen molar-refractivity contribution in [1.29, 1.82) is 0 Å². The summed E-state index contributed by atoms with van der Waals surface area (Å²) in [5.41, 5.74) is 1.58. The minimum atomic E-state index is -5.04. The molecule has 1 aromatic heterocycles. The summed E-state index contributed by atoms with van der Waals surface area (Å²) >= 11 is 0. The molecule has 0 aromatic carbocycles. The van der Waals surface area contributed by atoms with Crippen LogP contribution < -0.4 is 11.3 Å². The fourth-order valence-electron chi connectivity index (χ4n) is 0.773. The van der Waals surface area contributed by atoms with Crippen LogP contribution in [0.5, 0.6) is 0 Å². The van der Waals surface area contributed by atoms with Crippen LogP contribution in [0.2, 0.25) is 0 Å². The van der Waals surface area contributed by atoms with Crippen molar-refractivity contribution in [1.82, 2.24) is 15.4 Å². The number of hydrogen-bond donors (Lipinski definition) is 2. The van der Waals surface area contributed by atoms with Crippen molar-refractivity contribution in [2.75, 3.05) is 0 Å². The first-order valence-electron chi connectivity index (χ1n) is 3.80. The van der Waals surface area contributed by atoms with Gasteiger partial charge >= 0.3 is 12.0 Å². The molecule has 0 spiro atoms. The molecule has 1 heterocycles. The van der Waals surface area contributed by atoms with Crippen LogP contribution in [0.15, 0.2) is 12.4 Å². The highest BCUT2D eigenvalue weighted by atomic mass is 19.4. The van der Waals surface area contributed by atoms with E-state index in [1.807, 2.05) is 0 Å². The Hall–Kier alpha value is -2.03. The number of aromatic nitrogens is 2. The number of ketones is 1. The Morgan fingerprint density at radius 2 is 1.75 bits per heavy atom. The van der Waals surface area contributed by atoms with Crippen molar-refractivity contribution in [3.8, 4) is 0 Å². The monoisotopic (exact) mass is 234 g/mol. The molecule has 0 radical (unpaired) electrons. The minimum Gasteiger partial charge on any atom is -0.290 e. The zero-order chi connectivity index (χ0) is 12.3. The number of hydrogen-bond acceptors (Lipinski definition) is 5. The molecular formula is C7H5F3N4O2. The maximum atomic E-state index is 11.9. The fraction of sp³-hybridized carbons (Fsp3) is 0.143. The van der Waals surface area contributed by atoms with Gasteiger partial charge in [-0.25, -0.2) is 15.8 Å². The molecule has 9 heteroatoms. The summed E-state index contributed by atoms with van der Waals surface area (Å²) in [5, 5.41) is 0. The summed E-state index contributed by atoms with van der Waals surface area (Å²) < 4.78 is 35.8. The van der Waals surface area contributed by atoms with E-state index in [4.69, 9.17) is 5.84 Å². The largest absolute Gasteiger partial charge is 0.458 e. The number of nitrogens with two attached hydrogens (primary N) is 1. The molecule has 1 aromatic rings. The highest BCUT2D eigenvalue weighted by Gasteiger charge is 2.41. The second-order valence-corrected chi connectivity index (χ2v) is 2.60. The average molecular weight is 234 g/mol. The number of carbonyl (C=O) groups excluding carboxylic acids is 2. The van der Waals surface area contributed by atoms with Gasteiger partial charge in [-0.15, -0.1) is 0 Å². The number of nitrogens with one attached hydrogen (secondary N) is 1. The summed E-state index contributed by atoms with van der Waals surface area (Å²) in [5.74, 6) is 0.796. The molecule has 3 N–H and O–H groups in total. The van der Waals surface area contributed by atoms with Crippen LogP contribution in [0.25, 0.3) is 0 Å². The Labute approximate surface area is 86.6 Å². The van der Waals surface area contributed by atoms with E-state index in [0.717, 1.165) is 12.4 Å². The number of halogens is 3. The molecule has 1 rings (SSSR count). The highest BCUT2D eigenvalue weighted by Crippen LogP contribution is 2.19. The maximum absolute atomic E-state index is 11.9. The molecule has 0 saturated heterocycles. The molecule has 0 atom stereocenters. The zero-order valence-electron chi connectivity index (χ0n) is 7.58. The fourth-order valence-corrected chi connectivity index (χ4v) is 0.773. The number of nitrogen functional groups attached to an aromatic ring is 1. The minimum absolute atomic E-state index is 0.152. The van der Waals surface area contributed by atoms with Crippen LogP contribution in [0.1, 0.15) is 21.0 Å². The van der Waals surface area contributed by atoms with Crippen LogP contribution in [0, 0.1) is 0 Å². The standard InChI is InChI=1S/C7H5F3N4O2/c8-7(9,10)4(15)5-12-1-3(2-13-5)6(16)14-11/h1-2H,11H2,(H,14,16). The van der Waals surface area contributed by atoms with E-state index in [1.54, 1.807) is 5.43 Å². The number of Topliss-reactive ketones (excluding diaryl/α,β-unsaturated/α-hetero) is 1. The first-order chi connectivity index (χ1) is 7.36. The topological polar surface area (TPSA) is 98.0 Å². The molecule has 86 valence electrons. The van der Waals surface area contributed by atoms with Gasteiger partial charge in [-0.3, -0.25) is 15.0 Å². The lowest BCUT2D eigenvalue weighted by molar-refractivity contribution is -0.0891. The molecule has 1 amide bonds. The first-order valence-corrected chi connectivity index (χ1v) is 3.80. The third-order valence-corrected chi connectivity index (χ3v) is 1.51. The Morgan fingerprint density at radius 1 is 1.25 bits per heavy atom. The molecule has 16 heavy (non-hydrogen) atoms. The quantitative estimate of drug-likeness (QED) is 0.320. The number of alkyl halides is 3. The van der Waals surface area contributed by atoms with Crippen LogP contribution in [-0.2, 0) is 0 Å². The van der Waals surface area contributed by atoms with E-state index in [2.05, 4.69) is 9.97 Å². The van der Waals surface area contributed by atoms with E-state index >= 15 is 0 Å². The first kappa shape index (κ1) is 12.0. The number of nitrogens with zero attached hydrogens (tertiary/aromatic N) is 2. The summed E-state index contributed by atoms with van der Waals surface area (Å²) in [4.78, 5) is 27.7. The molecule has 0 aliphatic rings. The lowest BCUT2D eigenvalue weighted by atomic mass is 10.3. The predicted molar refractivity (Wildman–Crippen MR) is 44.1 cm³/mol. The maximum Gasteiger partial charge on any atom is 0.458 e. The van der Waals surface area contributed by atoms with Gasteiger partial charge in [0.15, 0.2) is 0 Å². The van der Waals surface area contributed by atoms with Crippen molar-refractivity contribution >= 4 is 11.7 Å². The third kappa shape index (κ3) is 2.51. The van der Waals surface area contributed by atoms with Gasteiger partial charge in [-0.1, -0.05) is 0 Å². The molecular weight excluding hydrogens is 229 g/mol. The van der Waals surface area contributed by atoms with Gasteiger partial charge < -0.3 is 0 Å². The Balaban J connectivity index is 2.96. The lowest BCUT2D eigenvalue weighted by Crippen LogP contribution is -2.31. The summed E-state index contributed by atoms with van der Waals surface area (Å²) in [6.07, 6.45) is -3.50. The lowest BCUT2D eigenvalue weighted by Gasteiger charge is -2.03. The Kier molecular flexibility index (Phi) is 3.18. The van der Waals surface area contributed by atoms with Crippen LogP contribution in [-0.4, -0.2) is 27.8 Å². The van der Waals surface area contributed by atoms with Gasteiger partial charge in [-0.05, 0) is 0 Å². The Morgan fingerprint density at radius 3 is 2.12 bits per heavy atom. The SMILES string of the molecule is NNC(=O)c1cnc(C(=O)C(F)(F)F)nc1. The third-order valence-electron chi connectivity index (χ3n) is 1.51. The van der Waals surface area contributed by atoms with Crippen molar-refractivity contribution in [3.63, 3.8) is 0 Å². The van der Waals surface area contributed by atoms with Crippen LogP contribution in [0.3, 0.4) is 0 Å². The predicted octanol–water partition coefficient (Wildman–Crippen LogP) is -0.175. The molecule has 0 bridgehead atoms. The molecule has 0 fully saturated rings. The van der Waals surface area contributed by atoms with Gasteiger partial charge in [0.1, 0.15) is 0 Å². The number of rotatable bonds is 2. The second kappa shape index (κ2) is 4.23. The van der Waals surface area contributed by atoms with E-state index in [0.29, 0.717) is 0 Å². The normalized spacial score (nSPS) is 11.0. The van der Waals surface area contributed by atoms with Gasteiger partial charge in [0.25, 0.3) is 5.91 Å². The highest BCUT2D eigenvalue weighted by molar-refractivity contribution is 5.98. The molecule has 0 saturated carbocycles. The Bertz CT molecular complexity index is 415. The molecule has 6 nitrogen and oxygen atoms in total. The second-order valence-electron chi connectivity index (χ2n) is 2.60. The van der Waals surface area contributed by atoms with E-state index < -0.39 is 23.7 Å². The average Bonchev–Trinajstić information content (AvgIpc) is 2.26. The van der Waals surface area contributed by atoms with Crippen LogP contribution in [0.4, 0.5) is 13.2 Å². The summed E-state index contributed by atoms with van der Waals surface area (Å²) in [6.45, 7) is 0. The molecule has 0 aliphatic heterocycles. The van der Waals surface area contributed by atoms with Crippen molar-refractivity contribution in [2.45, 2.75) is 6.18 Å². The molecule has 0 unspecified atom stereocenters. The van der Waals surface area contributed by atoms with Gasteiger partial charge in [-0.2, -0.15) is 13.2 Å². The number of carbonyl (C=O) groups is 2. The zero-order valence-corrected chi connectivity index (χ0v) is 7.58. The van der Waals surface area contributed by atoms with Gasteiger partial charge in [0.05, 0.1) is 5.56 Å². The van der Waals surface area contributed by atoms with Gasteiger partial charge in [0.2, 0.25) is 5.82 Å². The van der Waals surface area contributed by atoms with Gasteiger partial charge in [0, 0.05) is 12.4 Å². The van der Waals surface area contributed by atoms with Crippen molar-refractivity contribution in [3.05, 3.63) is 23.8 Å². The van der Waals surface area contributed by atoms with Crippen LogP contribution >= 0.6 is 0 Å². The number of hydrazine groups is 1. The van der Waals surface area contributed by atoms with Crippen molar-refractivity contribution in [2.24, 2.45) is 5.84 Å². The molecule has 0 aliphatic carbocycles. The smallest absolute Gasteiger partial charge is 0.290 e. The summed E-state index contributed by atoms with van der Waals surface area (Å²) in [6, 6.07) is 0. The van der Waals surface area contributed by atoms with E-state index in [9.17, 15) is 22.8 Å². The van der Waals surface area contributed by atoms with E-state index in [1.165, 1.54) is 0 Å². The van der Waals surface area contributed by atoms with Crippen molar-refractivity contribution < 1.29 is 22.8 Å².